The normalized spacial score (nSPS) is 22.4. The summed E-state index contributed by atoms with van der Waals surface area (Å²) >= 11 is 0. The van der Waals surface area contributed by atoms with Crippen LogP contribution in [-0.4, -0.2) is 40.4 Å². The van der Waals surface area contributed by atoms with Crippen LogP contribution < -0.4 is 10.6 Å². The van der Waals surface area contributed by atoms with Crippen molar-refractivity contribution in [2.24, 2.45) is 16.8 Å². The number of hydrogen-bond acceptors (Lipinski definition) is 3. The van der Waals surface area contributed by atoms with Gasteiger partial charge in [0.2, 0.25) is 0 Å². The average molecular weight is 320 g/mol. The first-order valence-electron chi connectivity index (χ1n) is 8.97. The Labute approximate surface area is 140 Å². The average Bonchev–Trinajstić information content (AvgIpc) is 3.01. The lowest BCUT2D eigenvalue weighted by molar-refractivity contribution is 0.250. The number of hydrogen-bond donors (Lipinski definition) is 2. The summed E-state index contributed by atoms with van der Waals surface area (Å²) in [5.41, 5.74) is 0. The minimum absolute atomic E-state index is 0.553. The van der Waals surface area contributed by atoms with Gasteiger partial charge in [0.05, 0.1) is 0 Å². The van der Waals surface area contributed by atoms with Crippen molar-refractivity contribution in [3.63, 3.8) is 0 Å². The molecule has 23 heavy (non-hydrogen) atoms. The number of nitrogens with one attached hydrogen (secondary N) is 2. The van der Waals surface area contributed by atoms with E-state index in [0.29, 0.717) is 6.04 Å². The van der Waals surface area contributed by atoms with Crippen molar-refractivity contribution in [1.82, 2.24) is 25.4 Å². The van der Waals surface area contributed by atoms with E-state index < -0.39 is 0 Å². The van der Waals surface area contributed by atoms with Gasteiger partial charge in [0, 0.05) is 32.6 Å². The van der Waals surface area contributed by atoms with Gasteiger partial charge in [-0.25, -0.2) is 0 Å². The maximum Gasteiger partial charge on any atom is 0.191 e. The highest BCUT2D eigenvalue weighted by molar-refractivity contribution is 5.79. The summed E-state index contributed by atoms with van der Waals surface area (Å²) < 4.78 is 2.09. The third-order valence-electron chi connectivity index (χ3n) is 4.94. The fraction of sp³-hybridized carbons (Fsp3) is 0.824. The summed E-state index contributed by atoms with van der Waals surface area (Å²) in [4.78, 5) is 4.35. The second kappa shape index (κ2) is 8.89. The molecule has 1 saturated carbocycles. The first-order chi connectivity index (χ1) is 11.1. The van der Waals surface area contributed by atoms with Gasteiger partial charge in [0.1, 0.15) is 12.2 Å². The van der Waals surface area contributed by atoms with Crippen LogP contribution in [0.2, 0.25) is 0 Å². The molecule has 1 aromatic rings. The maximum atomic E-state index is 4.35. The van der Waals surface area contributed by atoms with Crippen LogP contribution in [0.4, 0.5) is 0 Å². The van der Waals surface area contributed by atoms with Gasteiger partial charge in [-0.3, -0.25) is 4.99 Å². The SMILES string of the molecule is CCc1nncn1CCNC(=NC)NC1CCC(C(C)C)CC1. The minimum Gasteiger partial charge on any atom is -0.355 e. The van der Waals surface area contributed by atoms with Crippen molar-refractivity contribution < 1.29 is 0 Å². The van der Waals surface area contributed by atoms with E-state index in [1.165, 1.54) is 25.7 Å². The summed E-state index contributed by atoms with van der Waals surface area (Å²) in [6.45, 7) is 8.47. The molecule has 0 aliphatic heterocycles. The van der Waals surface area contributed by atoms with Gasteiger partial charge in [0.25, 0.3) is 0 Å². The molecule has 6 heteroatoms. The zero-order chi connectivity index (χ0) is 16.7. The summed E-state index contributed by atoms with van der Waals surface area (Å²) in [5.74, 6) is 3.64. The second-order valence-corrected chi connectivity index (χ2v) is 6.79. The molecule has 1 aromatic heterocycles. The highest BCUT2D eigenvalue weighted by Gasteiger charge is 2.23. The third kappa shape index (κ3) is 5.22. The molecule has 1 aliphatic carbocycles. The van der Waals surface area contributed by atoms with Crippen molar-refractivity contribution in [1.29, 1.82) is 0 Å². The van der Waals surface area contributed by atoms with E-state index in [1.807, 2.05) is 7.05 Å². The number of aliphatic imine (C=N–C) groups is 1. The summed E-state index contributed by atoms with van der Waals surface area (Å²) in [5, 5.41) is 15.0. The van der Waals surface area contributed by atoms with E-state index in [0.717, 1.165) is 43.1 Å². The summed E-state index contributed by atoms with van der Waals surface area (Å²) in [6.07, 6.45) is 7.85. The predicted molar refractivity (Wildman–Crippen MR) is 94.5 cm³/mol. The fourth-order valence-electron chi connectivity index (χ4n) is 3.35. The zero-order valence-electron chi connectivity index (χ0n) is 15.0. The van der Waals surface area contributed by atoms with E-state index >= 15 is 0 Å². The molecule has 0 radical (unpaired) electrons. The highest BCUT2D eigenvalue weighted by atomic mass is 15.3. The number of rotatable bonds is 6. The van der Waals surface area contributed by atoms with Crippen LogP contribution in [0.25, 0.3) is 0 Å². The third-order valence-corrected chi connectivity index (χ3v) is 4.94. The van der Waals surface area contributed by atoms with E-state index in [2.05, 4.69) is 51.2 Å². The Balaban J connectivity index is 1.72. The molecule has 0 atom stereocenters. The first kappa shape index (κ1) is 17.8. The molecule has 130 valence electrons. The fourth-order valence-corrected chi connectivity index (χ4v) is 3.35. The molecule has 0 aromatic carbocycles. The highest BCUT2D eigenvalue weighted by Crippen LogP contribution is 2.29. The molecule has 2 N–H and O–H groups in total. The summed E-state index contributed by atoms with van der Waals surface area (Å²) in [7, 11) is 1.84. The molecule has 2 rings (SSSR count). The Morgan fingerprint density at radius 1 is 1.35 bits per heavy atom. The lowest BCUT2D eigenvalue weighted by atomic mass is 9.80. The second-order valence-electron chi connectivity index (χ2n) is 6.79. The largest absolute Gasteiger partial charge is 0.355 e. The van der Waals surface area contributed by atoms with Crippen LogP contribution in [0, 0.1) is 11.8 Å². The standard InChI is InChI=1S/C17H32N6/c1-5-16-22-20-12-23(16)11-10-19-17(18-4)21-15-8-6-14(7-9-15)13(2)3/h12-15H,5-11H2,1-4H3,(H2,18,19,21). The molecular weight excluding hydrogens is 288 g/mol. The Morgan fingerprint density at radius 2 is 2.09 bits per heavy atom. The van der Waals surface area contributed by atoms with E-state index in [1.54, 1.807) is 6.33 Å². The number of aromatic nitrogens is 3. The van der Waals surface area contributed by atoms with Gasteiger partial charge >= 0.3 is 0 Å². The molecule has 0 spiro atoms. The van der Waals surface area contributed by atoms with Gasteiger partial charge in [-0.2, -0.15) is 0 Å². The van der Waals surface area contributed by atoms with Crippen LogP contribution >= 0.6 is 0 Å². The molecule has 1 aliphatic rings. The van der Waals surface area contributed by atoms with Crippen LogP contribution in [0.15, 0.2) is 11.3 Å². The van der Waals surface area contributed by atoms with Crippen molar-refractivity contribution in [2.45, 2.75) is 65.5 Å². The quantitative estimate of drug-likeness (QED) is 0.623. The number of nitrogens with zero attached hydrogens (tertiary/aromatic N) is 4. The molecule has 1 fully saturated rings. The van der Waals surface area contributed by atoms with Crippen molar-refractivity contribution in [3.05, 3.63) is 12.2 Å². The van der Waals surface area contributed by atoms with Crippen molar-refractivity contribution >= 4 is 5.96 Å². The Bertz CT molecular complexity index is 485. The van der Waals surface area contributed by atoms with Crippen molar-refractivity contribution in [2.75, 3.05) is 13.6 Å². The van der Waals surface area contributed by atoms with Crippen molar-refractivity contribution in [3.8, 4) is 0 Å². The van der Waals surface area contributed by atoms with Gasteiger partial charge in [-0.05, 0) is 37.5 Å². The number of aryl methyl sites for hydroxylation is 1. The molecule has 0 unspecified atom stereocenters. The van der Waals surface area contributed by atoms with Gasteiger partial charge in [-0.1, -0.05) is 20.8 Å². The molecular formula is C17H32N6. The Morgan fingerprint density at radius 3 is 2.70 bits per heavy atom. The number of guanidine groups is 1. The van der Waals surface area contributed by atoms with Gasteiger partial charge in [0.15, 0.2) is 5.96 Å². The Kier molecular flexibility index (Phi) is 6.86. The van der Waals surface area contributed by atoms with E-state index in [4.69, 9.17) is 0 Å². The lowest BCUT2D eigenvalue weighted by Gasteiger charge is -2.32. The molecule has 0 bridgehead atoms. The van der Waals surface area contributed by atoms with Crippen LogP contribution in [0.5, 0.6) is 0 Å². The van der Waals surface area contributed by atoms with Crippen LogP contribution in [0.1, 0.15) is 52.3 Å². The monoisotopic (exact) mass is 320 g/mol. The maximum absolute atomic E-state index is 4.35. The first-order valence-corrected chi connectivity index (χ1v) is 8.97. The van der Waals surface area contributed by atoms with Gasteiger partial charge < -0.3 is 15.2 Å². The molecule has 0 amide bonds. The summed E-state index contributed by atoms with van der Waals surface area (Å²) in [6, 6.07) is 0.553. The molecule has 1 heterocycles. The smallest absolute Gasteiger partial charge is 0.191 e. The van der Waals surface area contributed by atoms with Crippen LogP contribution in [0.3, 0.4) is 0 Å². The van der Waals surface area contributed by atoms with Gasteiger partial charge in [-0.15, -0.1) is 10.2 Å². The zero-order valence-corrected chi connectivity index (χ0v) is 15.0. The minimum atomic E-state index is 0.553. The molecule has 6 nitrogen and oxygen atoms in total. The Hall–Kier alpha value is -1.59. The van der Waals surface area contributed by atoms with Crippen LogP contribution in [-0.2, 0) is 13.0 Å². The predicted octanol–water partition coefficient (Wildman–Crippen LogP) is 2.22. The topological polar surface area (TPSA) is 67.1 Å². The molecule has 0 saturated heterocycles. The lowest BCUT2D eigenvalue weighted by Crippen LogP contribution is -2.45. The van der Waals surface area contributed by atoms with E-state index in [-0.39, 0.29) is 0 Å². The van der Waals surface area contributed by atoms with E-state index in [9.17, 15) is 0 Å².